The van der Waals surface area contributed by atoms with Crippen molar-refractivity contribution in [3.8, 4) is 0 Å². The first-order valence-corrected chi connectivity index (χ1v) is 16.0. The van der Waals surface area contributed by atoms with Gasteiger partial charge in [0.05, 0.1) is 19.8 Å². The normalized spacial score (nSPS) is 37.9. The van der Waals surface area contributed by atoms with Crippen LogP contribution >= 0.6 is 0 Å². The van der Waals surface area contributed by atoms with Crippen LogP contribution in [0.4, 0.5) is 4.79 Å². The van der Waals surface area contributed by atoms with Gasteiger partial charge in [0.15, 0.2) is 0 Å². The van der Waals surface area contributed by atoms with E-state index in [-0.39, 0.29) is 18.9 Å². The highest BCUT2D eigenvalue weighted by atomic mass is 17.3. The van der Waals surface area contributed by atoms with Crippen molar-refractivity contribution < 1.29 is 33.6 Å². The number of nitrogens with one attached hydrogen (secondary N) is 1. The smallest absolute Gasteiger partial charge is 0.409 e. The number of nitrogens with zero attached hydrogens (tertiary/aromatic N) is 2. The summed E-state index contributed by atoms with van der Waals surface area (Å²) < 4.78 is 18.0. The van der Waals surface area contributed by atoms with Gasteiger partial charge >= 0.3 is 6.09 Å². The van der Waals surface area contributed by atoms with Crippen molar-refractivity contribution in [2.75, 3.05) is 53.0 Å². The lowest BCUT2D eigenvalue weighted by Gasteiger charge is -2.49. The molecule has 1 aromatic rings. The van der Waals surface area contributed by atoms with Crippen LogP contribution in [0.3, 0.4) is 0 Å². The van der Waals surface area contributed by atoms with Gasteiger partial charge in [-0.15, -0.1) is 0 Å². The SMILES string of the molecule is CN(Cc1ccccc1)C(=O)OCCC1(CCC(=O)NCCN2CCOCC2)OOC2(O1)C1CC3CC4CC2CC34C1. The van der Waals surface area contributed by atoms with Gasteiger partial charge < -0.3 is 24.4 Å². The third-order valence-corrected chi connectivity index (χ3v) is 11.3. The third-order valence-electron chi connectivity index (χ3n) is 11.3. The van der Waals surface area contributed by atoms with Crippen LogP contribution in [-0.2, 0) is 35.3 Å². The number of hydrogen-bond donors (Lipinski definition) is 1. The Kier molecular flexibility index (Phi) is 7.71. The van der Waals surface area contributed by atoms with Crippen molar-refractivity contribution in [2.24, 2.45) is 29.1 Å². The molecule has 4 saturated carbocycles. The van der Waals surface area contributed by atoms with Crippen molar-refractivity contribution in [1.82, 2.24) is 15.1 Å². The zero-order chi connectivity index (χ0) is 28.8. The van der Waals surface area contributed by atoms with E-state index >= 15 is 0 Å². The van der Waals surface area contributed by atoms with Crippen LogP contribution < -0.4 is 5.32 Å². The molecule has 1 N–H and O–H groups in total. The number of carbonyl (C=O) groups excluding carboxylic acids is 2. The summed E-state index contributed by atoms with van der Waals surface area (Å²) in [6.45, 7) is 5.24. The summed E-state index contributed by atoms with van der Waals surface area (Å²) >= 11 is 0. The minimum Gasteiger partial charge on any atom is -0.449 e. The first-order valence-electron chi connectivity index (χ1n) is 16.0. The lowest BCUT2D eigenvalue weighted by atomic mass is 9.56. The van der Waals surface area contributed by atoms with E-state index in [4.69, 9.17) is 24.0 Å². The molecule has 2 spiro atoms. The maximum Gasteiger partial charge on any atom is 0.409 e. The highest BCUT2D eigenvalue weighted by molar-refractivity contribution is 5.75. The number of ether oxygens (including phenoxy) is 3. The number of fused-ring (bicyclic) bond motifs is 4. The van der Waals surface area contributed by atoms with E-state index in [1.807, 2.05) is 30.3 Å². The van der Waals surface area contributed by atoms with Crippen LogP contribution in [0.25, 0.3) is 0 Å². The Morgan fingerprint density at radius 1 is 1.00 bits per heavy atom. The lowest BCUT2D eigenvalue weighted by molar-refractivity contribution is -0.373. The molecule has 4 aliphatic carbocycles. The quantitative estimate of drug-likeness (QED) is 0.394. The molecule has 0 aromatic heterocycles. The fourth-order valence-corrected chi connectivity index (χ4v) is 9.09. The second-order valence-corrected chi connectivity index (χ2v) is 13.5. The molecule has 42 heavy (non-hydrogen) atoms. The second kappa shape index (κ2) is 11.4. The van der Waals surface area contributed by atoms with Gasteiger partial charge in [-0.2, -0.15) is 9.78 Å². The Morgan fingerprint density at radius 2 is 1.71 bits per heavy atom. The average Bonchev–Trinajstić information content (AvgIpc) is 3.59. The summed E-state index contributed by atoms with van der Waals surface area (Å²) in [5.74, 6) is 0.287. The van der Waals surface area contributed by atoms with Crippen molar-refractivity contribution in [3.05, 3.63) is 35.9 Å². The second-order valence-electron chi connectivity index (χ2n) is 13.5. The van der Waals surface area contributed by atoms with Gasteiger partial charge in [0.25, 0.3) is 0 Å². The lowest BCUT2D eigenvalue weighted by Crippen LogP contribution is -2.50. The summed E-state index contributed by atoms with van der Waals surface area (Å²) in [7, 11) is 1.73. The van der Waals surface area contributed by atoms with Gasteiger partial charge in [-0.25, -0.2) is 4.79 Å². The summed E-state index contributed by atoms with van der Waals surface area (Å²) in [6.07, 6.45) is 6.41. The highest BCUT2D eigenvalue weighted by Gasteiger charge is 2.77. The van der Waals surface area contributed by atoms with Crippen molar-refractivity contribution in [3.63, 3.8) is 0 Å². The fraction of sp³-hybridized carbons (Fsp3) is 0.750. The number of hydrogen-bond acceptors (Lipinski definition) is 8. The number of benzene rings is 1. The van der Waals surface area contributed by atoms with Gasteiger partial charge in [-0.3, -0.25) is 9.69 Å². The maximum atomic E-state index is 12.9. The molecule has 2 amide bonds. The molecule has 6 aliphatic rings. The zero-order valence-corrected chi connectivity index (χ0v) is 24.8. The molecule has 230 valence electrons. The first-order chi connectivity index (χ1) is 20.4. The van der Waals surface area contributed by atoms with Crippen molar-refractivity contribution in [2.45, 2.75) is 69.5 Å². The highest BCUT2D eigenvalue weighted by Crippen LogP contribution is 2.79. The van der Waals surface area contributed by atoms with Gasteiger partial charge in [0, 0.05) is 70.9 Å². The van der Waals surface area contributed by atoms with Crippen molar-refractivity contribution in [1.29, 1.82) is 0 Å². The molecule has 10 nitrogen and oxygen atoms in total. The van der Waals surface area contributed by atoms with Crippen LogP contribution in [0.2, 0.25) is 0 Å². The van der Waals surface area contributed by atoms with E-state index in [2.05, 4.69) is 10.2 Å². The predicted molar refractivity (Wildman–Crippen MR) is 152 cm³/mol. The van der Waals surface area contributed by atoms with Crippen LogP contribution in [0.15, 0.2) is 30.3 Å². The molecule has 0 radical (unpaired) electrons. The van der Waals surface area contributed by atoms with Gasteiger partial charge in [0.2, 0.25) is 17.5 Å². The molecule has 1 aromatic carbocycles. The number of morpholine rings is 1. The third kappa shape index (κ3) is 5.13. The fourth-order valence-electron chi connectivity index (χ4n) is 9.09. The minimum absolute atomic E-state index is 0.0407. The number of carbonyl (C=O) groups is 2. The molecule has 10 heteroatoms. The van der Waals surface area contributed by atoms with Crippen LogP contribution in [0.1, 0.15) is 56.9 Å². The topological polar surface area (TPSA) is 98.8 Å². The summed E-state index contributed by atoms with van der Waals surface area (Å²) in [4.78, 5) is 42.0. The monoisotopic (exact) mass is 583 g/mol. The molecule has 2 saturated heterocycles. The predicted octanol–water partition coefficient (Wildman–Crippen LogP) is 3.70. The Labute approximate surface area is 248 Å². The van der Waals surface area contributed by atoms with Crippen LogP contribution in [-0.4, -0.2) is 86.4 Å². The molecule has 2 heterocycles. The minimum atomic E-state index is -1.13. The zero-order valence-electron chi connectivity index (χ0n) is 24.8. The summed E-state index contributed by atoms with van der Waals surface area (Å²) in [5, 5.41) is 3.05. The van der Waals surface area contributed by atoms with Crippen molar-refractivity contribution >= 4 is 12.0 Å². The molecule has 2 aliphatic heterocycles. The molecule has 3 bridgehead atoms. The first kappa shape index (κ1) is 28.5. The van der Waals surface area contributed by atoms with Crippen LogP contribution in [0.5, 0.6) is 0 Å². The number of rotatable bonds is 11. The Hall–Kier alpha value is -2.24. The Morgan fingerprint density at radius 3 is 2.45 bits per heavy atom. The van der Waals surface area contributed by atoms with E-state index in [0.717, 1.165) is 75.9 Å². The average molecular weight is 584 g/mol. The summed E-state index contributed by atoms with van der Waals surface area (Å²) in [5.41, 5.74) is 1.54. The molecular weight excluding hydrogens is 538 g/mol. The van der Waals surface area contributed by atoms with Gasteiger partial charge in [0.1, 0.15) is 0 Å². The molecule has 7 rings (SSSR count). The van der Waals surface area contributed by atoms with E-state index in [1.165, 1.54) is 6.42 Å². The van der Waals surface area contributed by atoms with E-state index < -0.39 is 17.7 Å². The van der Waals surface area contributed by atoms with E-state index in [1.54, 1.807) is 11.9 Å². The Bertz CT molecular complexity index is 1120. The molecule has 5 unspecified atom stereocenters. The molecule has 6 fully saturated rings. The standard InChI is InChI=1S/C32H45N3O7/c1-34(22-23-5-3-2-4-6-23)29(37)39-14-9-31(8-7-28(36)33-10-11-35-12-15-38-16-13-35)40-32(42-41-31)26-18-24-17-25-19-27(32)21-30(24,25)20-26/h2-6,24-27H,7-22H2,1H3,(H,33,36). The van der Waals surface area contributed by atoms with Gasteiger partial charge in [-0.05, 0) is 54.9 Å². The largest absolute Gasteiger partial charge is 0.449 e. The molecular formula is C32H45N3O7. The molecule has 5 atom stereocenters. The Balaban J connectivity index is 0.972. The summed E-state index contributed by atoms with van der Waals surface area (Å²) in [6, 6.07) is 9.83. The van der Waals surface area contributed by atoms with Gasteiger partial charge in [-0.1, -0.05) is 30.3 Å². The maximum absolute atomic E-state index is 12.9. The van der Waals surface area contributed by atoms with E-state index in [0.29, 0.717) is 43.2 Å². The number of amides is 2. The van der Waals surface area contributed by atoms with Crippen LogP contribution in [0, 0.1) is 29.1 Å². The van der Waals surface area contributed by atoms with E-state index in [9.17, 15) is 9.59 Å².